The number of amides is 1. The average molecular weight is 488 g/mol. The molecule has 0 aliphatic carbocycles. The number of rotatable bonds is 5. The van der Waals surface area contributed by atoms with E-state index >= 15 is 0 Å². The van der Waals surface area contributed by atoms with Crippen molar-refractivity contribution in [2.24, 2.45) is 7.05 Å². The normalized spacial score (nSPS) is 13.4. The van der Waals surface area contributed by atoms with E-state index in [1.165, 1.54) is 23.7 Å². The molecule has 0 radical (unpaired) electrons. The summed E-state index contributed by atoms with van der Waals surface area (Å²) in [5.41, 5.74) is 1.39. The zero-order chi connectivity index (χ0) is 25.6. The van der Waals surface area contributed by atoms with Crippen molar-refractivity contribution in [3.05, 3.63) is 86.3 Å². The molecule has 1 amide bonds. The maximum atomic E-state index is 13.0. The number of fused-ring (bicyclic) bond motifs is 2. The maximum Gasteiger partial charge on any atom is 0.338 e. The summed E-state index contributed by atoms with van der Waals surface area (Å²) in [5, 5.41) is 3.03. The van der Waals surface area contributed by atoms with Gasteiger partial charge in [-0.15, -0.1) is 0 Å². The Bertz CT molecular complexity index is 1630. The van der Waals surface area contributed by atoms with Gasteiger partial charge < -0.3 is 10.1 Å². The molecule has 10 nitrogen and oxygen atoms in total. The van der Waals surface area contributed by atoms with E-state index in [9.17, 15) is 19.2 Å². The van der Waals surface area contributed by atoms with Gasteiger partial charge in [0, 0.05) is 20.0 Å². The third kappa shape index (κ3) is 3.90. The van der Waals surface area contributed by atoms with Gasteiger partial charge >= 0.3 is 5.97 Å². The van der Waals surface area contributed by atoms with Crippen molar-refractivity contribution in [3.8, 4) is 5.69 Å². The molecular formula is C26H25N5O5. The van der Waals surface area contributed by atoms with E-state index in [2.05, 4.69) is 10.3 Å². The fraction of sp³-hybridized carbons (Fsp3) is 0.269. The van der Waals surface area contributed by atoms with Gasteiger partial charge in [0.2, 0.25) is 0 Å². The van der Waals surface area contributed by atoms with Gasteiger partial charge in [-0.25, -0.2) is 14.5 Å². The number of benzene rings is 2. The quantitative estimate of drug-likeness (QED) is 0.432. The summed E-state index contributed by atoms with van der Waals surface area (Å²) in [4.78, 5) is 55.8. The van der Waals surface area contributed by atoms with E-state index in [0.717, 1.165) is 6.42 Å². The van der Waals surface area contributed by atoms with Gasteiger partial charge in [0.1, 0.15) is 11.5 Å². The molecule has 2 aromatic carbocycles. The molecule has 0 spiro atoms. The highest BCUT2D eigenvalue weighted by atomic mass is 16.5. The maximum absolute atomic E-state index is 13.0. The van der Waals surface area contributed by atoms with E-state index < -0.39 is 23.5 Å². The molecule has 3 heterocycles. The Morgan fingerprint density at radius 2 is 1.83 bits per heavy atom. The molecule has 1 aliphatic heterocycles. The van der Waals surface area contributed by atoms with Crippen LogP contribution in [0.5, 0.6) is 0 Å². The van der Waals surface area contributed by atoms with Crippen LogP contribution in [0.2, 0.25) is 0 Å². The van der Waals surface area contributed by atoms with Gasteiger partial charge in [0.15, 0.2) is 6.10 Å². The number of carbonyl (C=O) groups is 2. The lowest BCUT2D eigenvalue weighted by Gasteiger charge is -2.13. The fourth-order valence-corrected chi connectivity index (χ4v) is 4.43. The first-order valence-electron chi connectivity index (χ1n) is 11.7. The Morgan fingerprint density at radius 1 is 1.08 bits per heavy atom. The second-order valence-corrected chi connectivity index (χ2v) is 8.79. The SMILES string of the molecule is Cc1c(NC(=O)[C@H](C)OC(=O)c2ccc3c(=O)n4c(nc3c2)CCC4)c(=O)n(-c2ccccc2)n1C. The molecule has 0 fully saturated rings. The first-order chi connectivity index (χ1) is 17.3. The minimum atomic E-state index is -1.17. The van der Waals surface area contributed by atoms with Crippen molar-refractivity contribution < 1.29 is 14.3 Å². The first-order valence-corrected chi connectivity index (χ1v) is 11.7. The van der Waals surface area contributed by atoms with Crippen LogP contribution in [0, 0.1) is 6.92 Å². The molecule has 184 valence electrons. The minimum absolute atomic E-state index is 0.110. The lowest BCUT2D eigenvalue weighted by Crippen LogP contribution is -2.32. The highest BCUT2D eigenvalue weighted by molar-refractivity contribution is 5.99. The first kappa shape index (κ1) is 23.3. The van der Waals surface area contributed by atoms with Gasteiger partial charge in [-0.1, -0.05) is 18.2 Å². The number of anilines is 1. The Kier molecular flexibility index (Phi) is 5.79. The van der Waals surface area contributed by atoms with Crippen LogP contribution in [-0.4, -0.2) is 36.9 Å². The third-order valence-electron chi connectivity index (χ3n) is 6.51. The predicted octanol–water partition coefficient (Wildman–Crippen LogP) is 2.32. The van der Waals surface area contributed by atoms with E-state index in [1.54, 1.807) is 41.4 Å². The van der Waals surface area contributed by atoms with Crippen LogP contribution in [0.4, 0.5) is 5.69 Å². The van der Waals surface area contributed by atoms with Gasteiger partial charge in [-0.3, -0.25) is 23.6 Å². The van der Waals surface area contributed by atoms with E-state index in [0.29, 0.717) is 41.1 Å². The number of para-hydroxylation sites is 1. The van der Waals surface area contributed by atoms with Crippen molar-refractivity contribution in [3.63, 3.8) is 0 Å². The summed E-state index contributed by atoms with van der Waals surface area (Å²) in [6.07, 6.45) is 0.398. The minimum Gasteiger partial charge on any atom is -0.449 e. The summed E-state index contributed by atoms with van der Waals surface area (Å²) in [6, 6.07) is 13.6. The average Bonchev–Trinajstić information content (AvgIpc) is 3.43. The molecule has 0 bridgehead atoms. The highest BCUT2D eigenvalue weighted by Gasteiger charge is 2.24. The molecule has 1 atom stereocenters. The summed E-state index contributed by atoms with van der Waals surface area (Å²) < 4.78 is 10.1. The van der Waals surface area contributed by atoms with Gasteiger partial charge in [-0.2, -0.15) is 0 Å². The summed E-state index contributed by atoms with van der Waals surface area (Å²) >= 11 is 0. The van der Waals surface area contributed by atoms with E-state index in [-0.39, 0.29) is 16.8 Å². The van der Waals surface area contributed by atoms with Crippen molar-refractivity contribution >= 4 is 28.5 Å². The van der Waals surface area contributed by atoms with Crippen LogP contribution < -0.4 is 16.4 Å². The molecule has 36 heavy (non-hydrogen) atoms. The van der Waals surface area contributed by atoms with E-state index in [4.69, 9.17) is 4.74 Å². The van der Waals surface area contributed by atoms with Crippen LogP contribution in [0.15, 0.2) is 58.1 Å². The fourth-order valence-electron chi connectivity index (χ4n) is 4.43. The standard InChI is InChI=1S/C26H25N5O5/c1-15-22(25(34)31(29(15)3)18-8-5-4-6-9-18)28-23(32)16(2)36-26(35)17-11-12-19-20(14-17)27-21-10-7-13-30(21)24(19)33/h4-6,8-9,11-12,14,16H,7,10,13H2,1-3H3,(H,28,32)/t16-/m0/s1. The monoisotopic (exact) mass is 487 g/mol. The molecule has 4 aromatic rings. The number of nitrogens with zero attached hydrogens (tertiary/aromatic N) is 4. The Morgan fingerprint density at radius 3 is 2.58 bits per heavy atom. The third-order valence-corrected chi connectivity index (χ3v) is 6.51. The predicted molar refractivity (Wildman–Crippen MR) is 134 cm³/mol. The molecule has 1 N–H and O–H groups in total. The van der Waals surface area contributed by atoms with Crippen molar-refractivity contribution in [2.75, 3.05) is 5.32 Å². The molecule has 0 unspecified atom stereocenters. The summed E-state index contributed by atoms with van der Waals surface area (Å²) in [5.74, 6) is -0.664. The molecule has 1 aliphatic rings. The Labute approximate surface area is 205 Å². The number of aromatic nitrogens is 4. The Balaban J connectivity index is 1.34. The summed E-state index contributed by atoms with van der Waals surface area (Å²) in [6.45, 7) is 3.79. The topological polar surface area (TPSA) is 117 Å². The molecule has 10 heteroatoms. The van der Waals surface area contributed by atoms with Crippen LogP contribution in [-0.2, 0) is 29.5 Å². The molecule has 2 aromatic heterocycles. The second-order valence-electron chi connectivity index (χ2n) is 8.79. The van der Waals surface area contributed by atoms with Crippen molar-refractivity contribution in [1.82, 2.24) is 18.9 Å². The molecule has 5 rings (SSSR count). The lowest BCUT2D eigenvalue weighted by atomic mass is 10.1. The van der Waals surface area contributed by atoms with Gasteiger partial charge in [-0.05, 0) is 50.6 Å². The van der Waals surface area contributed by atoms with Crippen LogP contribution in [0.3, 0.4) is 0 Å². The number of aryl methyl sites for hydroxylation is 1. The molecule has 0 saturated carbocycles. The highest BCUT2D eigenvalue weighted by Crippen LogP contribution is 2.18. The van der Waals surface area contributed by atoms with Gasteiger partial charge in [0.25, 0.3) is 17.0 Å². The smallest absolute Gasteiger partial charge is 0.338 e. The molecular weight excluding hydrogens is 462 g/mol. The molecule has 0 saturated heterocycles. The van der Waals surface area contributed by atoms with Crippen LogP contribution >= 0.6 is 0 Å². The number of ether oxygens (including phenoxy) is 1. The Hall–Kier alpha value is -4.47. The number of nitrogens with one attached hydrogen (secondary N) is 1. The zero-order valence-corrected chi connectivity index (χ0v) is 20.1. The number of esters is 1. The van der Waals surface area contributed by atoms with E-state index in [1.807, 2.05) is 18.2 Å². The van der Waals surface area contributed by atoms with Crippen LogP contribution in [0.1, 0.15) is 35.2 Å². The van der Waals surface area contributed by atoms with Gasteiger partial charge in [0.05, 0.1) is 27.8 Å². The lowest BCUT2D eigenvalue weighted by molar-refractivity contribution is -0.123. The summed E-state index contributed by atoms with van der Waals surface area (Å²) in [7, 11) is 1.72. The van der Waals surface area contributed by atoms with Crippen molar-refractivity contribution in [2.45, 2.75) is 39.3 Å². The second kappa shape index (κ2) is 8.95. The largest absolute Gasteiger partial charge is 0.449 e. The number of hydrogen-bond acceptors (Lipinski definition) is 6. The number of carbonyl (C=O) groups excluding carboxylic acids is 2. The van der Waals surface area contributed by atoms with Crippen LogP contribution in [0.25, 0.3) is 16.6 Å². The number of hydrogen-bond donors (Lipinski definition) is 1. The van der Waals surface area contributed by atoms with Crippen molar-refractivity contribution in [1.29, 1.82) is 0 Å². The zero-order valence-electron chi connectivity index (χ0n) is 20.1.